The Balaban J connectivity index is 2.38. The van der Waals surface area contributed by atoms with Crippen molar-refractivity contribution in [3.8, 4) is 5.75 Å². The summed E-state index contributed by atoms with van der Waals surface area (Å²) in [6, 6.07) is 3.52. The number of morpholine rings is 1. The Labute approximate surface area is 94.2 Å². The highest BCUT2D eigenvalue weighted by Gasteiger charge is 2.20. The van der Waals surface area contributed by atoms with Gasteiger partial charge in [0.05, 0.1) is 24.8 Å². The Morgan fingerprint density at radius 2 is 2.38 bits per heavy atom. The lowest BCUT2D eigenvalue weighted by Crippen LogP contribution is -2.34. The van der Waals surface area contributed by atoms with Gasteiger partial charge in [-0.3, -0.25) is 4.79 Å². The first kappa shape index (κ1) is 11.1. The van der Waals surface area contributed by atoms with E-state index in [0.717, 1.165) is 17.7 Å². The van der Waals surface area contributed by atoms with Crippen molar-refractivity contribution in [2.24, 2.45) is 0 Å². The van der Waals surface area contributed by atoms with Gasteiger partial charge in [0.15, 0.2) is 6.29 Å². The molecule has 0 aliphatic carbocycles. The number of hydrogen-bond acceptors (Lipinski definition) is 4. The SMILES string of the molecule is Cc1cc(C=O)c(O)c(C2COCCN2)c1. The molecule has 1 aromatic rings. The molecule has 1 saturated heterocycles. The summed E-state index contributed by atoms with van der Waals surface area (Å²) in [5.41, 5.74) is 2.03. The van der Waals surface area contributed by atoms with E-state index < -0.39 is 0 Å². The molecule has 0 spiro atoms. The molecular weight excluding hydrogens is 206 g/mol. The van der Waals surface area contributed by atoms with E-state index in [9.17, 15) is 9.90 Å². The fraction of sp³-hybridized carbons (Fsp3) is 0.417. The minimum atomic E-state index is -0.0349. The molecule has 4 heteroatoms. The topological polar surface area (TPSA) is 58.6 Å². The maximum absolute atomic E-state index is 10.8. The van der Waals surface area contributed by atoms with Crippen LogP contribution in [0.4, 0.5) is 0 Å². The molecule has 1 heterocycles. The monoisotopic (exact) mass is 221 g/mol. The van der Waals surface area contributed by atoms with Gasteiger partial charge in [-0.05, 0) is 18.6 Å². The third-order valence-electron chi connectivity index (χ3n) is 2.74. The summed E-state index contributed by atoms with van der Waals surface area (Å²) in [6.45, 7) is 3.87. The summed E-state index contributed by atoms with van der Waals surface area (Å²) >= 11 is 0. The van der Waals surface area contributed by atoms with Crippen LogP contribution in [-0.2, 0) is 4.74 Å². The van der Waals surface area contributed by atoms with E-state index in [1.807, 2.05) is 13.0 Å². The van der Waals surface area contributed by atoms with Crippen molar-refractivity contribution >= 4 is 6.29 Å². The van der Waals surface area contributed by atoms with Gasteiger partial charge in [-0.1, -0.05) is 6.07 Å². The molecule has 2 N–H and O–H groups in total. The number of benzene rings is 1. The van der Waals surface area contributed by atoms with Gasteiger partial charge in [0.2, 0.25) is 0 Å². The highest BCUT2D eigenvalue weighted by molar-refractivity contribution is 5.80. The van der Waals surface area contributed by atoms with Gasteiger partial charge >= 0.3 is 0 Å². The van der Waals surface area contributed by atoms with Crippen LogP contribution in [0.2, 0.25) is 0 Å². The van der Waals surface area contributed by atoms with Crippen LogP contribution in [-0.4, -0.2) is 31.2 Å². The van der Waals surface area contributed by atoms with Crippen molar-refractivity contribution in [2.75, 3.05) is 19.8 Å². The number of nitrogens with one attached hydrogen (secondary N) is 1. The summed E-state index contributed by atoms with van der Waals surface area (Å²) in [5.74, 6) is 0.0589. The molecule has 1 aliphatic rings. The van der Waals surface area contributed by atoms with Gasteiger partial charge in [0.25, 0.3) is 0 Å². The molecule has 1 fully saturated rings. The zero-order chi connectivity index (χ0) is 11.5. The number of phenolic OH excluding ortho intramolecular Hbond substituents is 1. The van der Waals surface area contributed by atoms with E-state index in [1.165, 1.54) is 0 Å². The van der Waals surface area contributed by atoms with Gasteiger partial charge in [-0.15, -0.1) is 0 Å². The van der Waals surface area contributed by atoms with Gasteiger partial charge in [-0.25, -0.2) is 0 Å². The lowest BCUT2D eigenvalue weighted by atomic mass is 9.99. The smallest absolute Gasteiger partial charge is 0.153 e. The number of aromatic hydroxyl groups is 1. The first-order valence-corrected chi connectivity index (χ1v) is 5.32. The minimum absolute atomic E-state index is 0.0349. The molecule has 0 radical (unpaired) electrons. The summed E-state index contributed by atoms with van der Waals surface area (Å²) in [6.07, 6.45) is 0.676. The molecule has 0 aromatic heterocycles. The second kappa shape index (κ2) is 4.63. The Morgan fingerprint density at radius 3 is 3.00 bits per heavy atom. The summed E-state index contributed by atoms with van der Waals surface area (Å²) in [5, 5.41) is 13.2. The van der Waals surface area contributed by atoms with Crippen molar-refractivity contribution in [1.29, 1.82) is 0 Å². The van der Waals surface area contributed by atoms with E-state index in [-0.39, 0.29) is 11.8 Å². The Hall–Kier alpha value is -1.39. The van der Waals surface area contributed by atoms with Gasteiger partial charge in [0, 0.05) is 12.1 Å². The van der Waals surface area contributed by atoms with Crippen LogP contribution < -0.4 is 5.32 Å². The van der Waals surface area contributed by atoms with Crippen LogP contribution in [0.15, 0.2) is 12.1 Å². The van der Waals surface area contributed by atoms with Gasteiger partial charge < -0.3 is 15.2 Å². The molecule has 86 valence electrons. The fourth-order valence-corrected chi connectivity index (χ4v) is 1.96. The predicted octanol–water partition coefficient (Wildman–Crippen LogP) is 1.17. The number of hydrogen-bond donors (Lipinski definition) is 2. The summed E-state index contributed by atoms with van der Waals surface area (Å²) in [7, 11) is 0. The number of ether oxygens (including phenoxy) is 1. The maximum Gasteiger partial charge on any atom is 0.153 e. The zero-order valence-corrected chi connectivity index (χ0v) is 9.19. The van der Waals surface area contributed by atoms with Crippen molar-refractivity contribution < 1.29 is 14.6 Å². The molecule has 4 nitrogen and oxygen atoms in total. The van der Waals surface area contributed by atoms with Crippen molar-refractivity contribution in [3.05, 3.63) is 28.8 Å². The van der Waals surface area contributed by atoms with E-state index in [0.29, 0.717) is 25.1 Å². The number of carbonyl (C=O) groups is 1. The molecule has 0 bridgehead atoms. The first-order valence-electron chi connectivity index (χ1n) is 5.32. The van der Waals surface area contributed by atoms with E-state index in [4.69, 9.17) is 4.74 Å². The average molecular weight is 221 g/mol. The molecular formula is C12H15NO3. The lowest BCUT2D eigenvalue weighted by molar-refractivity contribution is 0.0760. The number of aldehydes is 1. The number of rotatable bonds is 2. The molecule has 1 aromatic carbocycles. The zero-order valence-electron chi connectivity index (χ0n) is 9.19. The van der Waals surface area contributed by atoms with Crippen molar-refractivity contribution in [1.82, 2.24) is 5.32 Å². The third kappa shape index (κ3) is 2.08. The summed E-state index contributed by atoms with van der Waals surface area (Å²) in [4.78, 5) is 10.8. The Morgan fingerprint density at radius 1 is 1.56 bits per heavy atom. The van der Waals surface area contributed by atoms with Crippen LogP contribution >= 0.6 is 0 Å². The number of phenols is 1. The van der Waals surface area contributed by atoms with Crippen LogP contribution in [0.1, 0.15) is 27.5 Å². The highest BCUT2D eigenvalue weighted by Crippen LogP contribution is 2.29. The molecule has 0 saturated carbocycles. The summed E-state index contributed by atoms with van der Waals surface area (Å²) < 4.78 is 5.34. The second-order valence-corrected chi connectivity index (χ2v) is 3.99. The standard InChI is InChI=1S/C12H15NO3/c1-8-4-9(6-14)12(15)10(5-8)11-7-16-3-2-13-11/h4-6,11,13,15H,2-3,7H2,1H3. The van der Waals surface area contributed by atoms with Crippen molar-refractivity contribution in [2.45, 2.75) is 13.0 Å². The highest BCUT2D eigenvalue weighted by atomic mass is 16.5. The van der Waals surface area contributed by atoms with E-state index in [1.54, 1.807) is 6.07 Å². The third-order valence-corrected chi connectivity index (χ3v) is 2.74. The molecule has 1 atom stereocenters. The lowest BCUT2D eigenvalue weighted by Gasteiger charge is -2.25. The molecule has 0 amide bonds. The van der Waals surface area contributed by atoms with Crippen LogP contribution in [0, 0.1) is 6.92 Å². The molecule has 1 unspecified atom stereocenters. The minimum Gasteiger partial charge on any atom is -0.507 e. The van der Waals surface area contributed by atoms with E-state index in [2.05, 4.69) is 5.32 Å². The largest absolute Gasteiger partial charge is 0.507 e. The fourth-order valence-electron chi connectivity index (χ4n) is 1.96. The average Bonchev–Trinajstić information content (AvgIpc) is 2.33. The van der Waals surface area contributed by atoms with Gasteiger partial charge in [-0.2, -0.15) is 0 Å². The maximum atomic E-state index is 10.8. The number of aryl methyl sites for hydroxylation is 1. The van der Waals surface area contributed by atoms with E-state index >= 15 is 0 Å². The second-order valence-electron chi connectivity index (χ2n) is 3.99. The molecule has 16 heavy (non-hydrogen) atoms. The predicted molar refractivity (Wildman–Crippen MR) is 59.8 cm³/mol. The molecule has 1 aliphatic heterocycles. The van der Waals surface area contributed by atoms with Crippen molar-refractivity contribution in [3.63, 3.8) is 0 Å². The molecule has 2 rings (SSSR count). The normalized spacial score (nSPS) is 20.7. The van der Waals surface area contributed by atoms with Crippen LogP contribution in [0.25, 0.3) is 0 Å². The Kier molecular flexibility index (Phi) is 3.22. The van der Waals surface area contributed by atoms with Gasteiger partial charge in [0.1, 0.15) is 5.75 Å². The number of carbonyl (C=O) groups excluding carboxylic acids is 1. The van der Waals surface area contributed by atoms with Crippen LogP contribution in [0.5, 0.6) is 5.75 Å². The Bertz CT molecular complexity index is 397. The quantitative estimate of drug-likeness (QED) is 0.736. The van der Waals surface area contributed by atoms with Crippen LogP contribution in [0.3, 0.4) is 0 Å². The first-order chi connectivity index (χ1) is 7.72.